The summed E-state index contributed by atoms with van der Waals surface area (Å²) in [5.41, 5.74) is 1.05. The third-order valence-corrected chi connectivity index (χ3v) is 3.99. The van der Waals surface area contributed by atoms with E-state index in [1.165, 1.54) is 25.8 Å². The lowest BCUT2D eigenvalue weighted by Gasteiger charge is -2.22. The van der Waals surface area contributed by atoms with Gasteiger partial charge in [-0.1, -0.05) is 26.0 Å². The minimum Gasteiger partial charge on any atom is -0.311 e. The van der Waals surface area contributed by atoms with Gasteiger partial charge in [0.25, 0.3) is 0 Å². The third-order valence-electron chi connectivity index (χ3n) is 3.99. The molecule has 5 heteroatoms. The van der Waals surface area contributed by atoms with Crippen LogP contribution in [-0.4, -0.2) is 45.6 Å². The van der Waals surface area contributed by atoms with E-state index in [-0.39, 0.29) is 0 Å². The molecule has 0 spiro atoms. The van der Waals surface area contributed by atoms with Gasteiger partial charge in [-0.15, -0.1) is 5.10 Å². The molecule has 0 unspecified atom stereocenters. The predicted octanol–water partition coefficient (Wildman–Crippen LogP) is 2.29. The zero-order valence-electron chi connectivity index (χ0n) is 13.9. The molecule has 1 N–H and O–H groups in total. The van der Waals surface area contributed by atoms with Crippen LogP contribution in [0.2, 0.25) is 0 Å². The first-order chi connectivity index (χ1) is 10.2. The molecule has 120 valence electrons. The summed E-state index contributed by atoms with van der Waals surface area (Å²) in [5, 5.41) is 11.8. The highest BCUT2D eigenvalue weighted by atomic mass is 15.4. The van der Waals surface area contributed by atoms with Gasteiger partial charge in [-0.3, -0.25) is 9.58 Å². The molecule has 5 nitrogen and oxygen atoms in total. The number of hydrogen-bond acceptors (Lipinski definition) is 4. The molecule has 0 amide bonds. The summed E-state index contributed by atoms with van der Waals surface area (Å²) >= 11 is 0. The Labute approximate surface area is 129 Å². The summed E-state index contributed by atoms with van der Waals surface area (Å²) in [6, 6.07) is 0.831. The van der Waals surface area contributed by atoms with Crippen LogP contribution in [0.1, 0.15) is 52.1 Å². The Hall–Kier alpha value is -0.940. The summed E-state index contributed by atoms with van der Waals surface area (Å²) in [4.78, 5) is 2.64. The van der Waals surface area contributed by atoms with Crippen molar-refractivity contribution < 1.29 is 0 Å². The molecule has 2 rings (SSSR count). The minimum atomic E-state index is 0.786. The molecule has 1 saturated carbocycles. The lowest BCUT2D eigenvalue weighted by atomic mass is 10.1. The van der Waals surface area contributed by atoms with Crippen molar-refractivity contribution in [3.63, 3.8) is 0 Å². The van der Waals surface area contributed by atoms with Gasteiger partial charge in [-0.25, -0.2) is 0 Å². The molecule has 1 fully saturated rings. The Morgan fingerprint density at radius 2 is 2.19 bits per heavy atom. The normalized spacial score (nSPS) is 15.3. The Kier molecular flexibility index (Phi) is 6.64. The van der Waals surface area contributed by atoms with Crippen molar-refractivity contribution in [1.82, 2.24) is 25.2 Å². The fraction of sp³-hybridized carbons (Fsp3) is 0.875. The Balaban J connectivity index is 1.72. The lowest BCUT2D eigenvalue weighted by molar-refractivity contribution is 0.234. The number of nitrogens with zero attached hydrogens (tertiary/aromatic N) is 4. The van der Waals surface area contributed by atoms with Crippen LogP contribution in [0.25, 0.3) is 0 Å². The first-order valence-corrected chi connectivity index (χ1v) is 8.52. The molecular weight excluding hydrogens is 262 g/mol. The third kappa shape index (κ3) is 6.14. The number of rotatable bonds is 11. The van der Waals surface area contributed by atoms with Crippen molar-refractivity contribution in [3.8, 4) is 0 Å². The highest BCUT2D eigenvalue weighted by Gasteiger charge is 2.28. The Morgan fingerprint density at radius 3 is 2.86 bits per heavy atom. The SMILES string of the molecule is CCCNCc1cn(CCN(CCC(C)C)C2CC2)nn1. The van der Waals surface area contributed by atoms with Crippen LogP contribution in [-0.2, 0) is 13.1 Å². The van der Waals surface area contributed by atoms with E-state index in [1.54, 1.807) is 0 Å². The smallest absolute Gasteiger partial charge is 0.0964 e. The van der Waals surface area contributed by atoms with Gasteiger partial charge >= 0.3 is 0 Å². The van der Waals surface area contributed by atoms with E-state index < -0.39 is 0 Å². The van der Waals surface area contributed by atoms with Crippen molar-refractivity contribution in [3.05, 3.63) is 11.9 Å². The molecule has 21 heavy (non-hydrogen) atoms. The molecule has 0 saturated heterocycles. The molecule has 1 aliphatic rings. The van der Waals surface area contributed by atoms with Gasteiger partial charge in [0.05, 0.1) is 12.2 Å². The van der Waals surface area contributed by atoms with Gasteiger partial charge in [0.15, 0.2) is 0 Å². The van der Waals surface area contributed by atoms with E-state index in [2.05, 4.69) is 47.5 Å². The van der Waals surface area contributed by atoms with Crippen LogP contribution in [0, 0.1) is 5.92 Å². The van der Waals surface area contributed by atoms with E-state index in [0.717, 1.165) is 50.3 Å². The standard InChI is InChI=1S/C16H31N5/c1-4-8-17-12-15-13-21(19-18-15)11-10-20(16-5-6-16)9-7-14(2)3/h13-14,16-17H,4-12H2,1-3H3. The Morgan fingerprint density at radius 1 is 1.38 bits per heavy atom. The van der Waals surface area contributed by atoms with Crippen molar-refractivity contribution in [2.24, 2.45) is 5.92 Å². The van der Waals surface area contributed by atoms with E-state index in [0.29, 0.717) is 0 Å². The highest BCUT2D eigenvalue weighted by molar-refractivity contribution is 4.92. The van der Waals surface area contributed by atoms with Gasteiger partial charge in [-0.05, 0) is 44.7 Å². The molecule has 1 aromatic heterocycles. The topological polar surface area (TPSA) is 46.0 Å². The Bertz CT molecular complexity index is 397. The summed E-state index contributed by atoms with van der Waals surface area (Å²) in [5.74, 6) is 0.786. The fourth-order valence-corrected chi connectivity index (χ4v) is 2.49. The number of nitrogens with one attached hydrogen (secondary N) is 1. The lowest BCUT2D eigenvalue weighted by Crippen LogP contribution is -2.31. The van der Waals surface area contributed by atoms with E-state index in [4.69, 9.17) is 0 Å². The second-order valence-electron chi connectivity index (χ2n) is 6.60. The quantitative estimate of drug-likeness (QED) is 0.636. The van der Waals surface area contributed by atoms with Gasteiger partial charge in [0.1, 0.15) is 0 Å². The average molecular weight is 293 g/mol. The highest BCUT2D eigenvalue weighted by Crippen LogP contribution is 2.27. The maximum Gasteiger partial charge on any atom is 0.0964 e. The number of aromatic nitrogens is 3. The van der Waals surface area contributed by atoms with Crippen molar-refractivity contribution in [1.29, 1.82) is 0 Å². The van der Waals surface area contributed by atoms with E-state index in [1.807, 2.05) is 4.68 Å². The maximum atomic E-state index is 4.24. The molecule has 0 aliphatic heterocycles. The van der Waals surface area contributed by atoms with Crippen LogP contribution < -0.4 is 5.32 Å². The largest absolute Gasteiger partial charge is 0.311 e. The molecule has 0 bridgehead atoms. The van der Waals surface area contributed by atoms with Gasteiger partial charge in [-0.2, -0.15) is 0 Å². The van der Waals surface area contributed by atoms with E-state index >= 15 is 0 Å². The van der Waals surface area contributed by atoms with Gasteiger partial charge in [0.2, 0.25) is 0 Å². The van der Waals surface area contributed by atoms with Crippen LogP contribution in [0.5, 0.6) is 0 Å². The monoisotopic (exact) mass is 293 g/mol. The summed E-state index contributed by atoms with van der Waals surface area (Å²) in [7, 11) is 0. The molecule has 1 aromatic rings. The second kappa shape index (κ2) is 8.49. The van der Waals surface area contributed by atoms with E-state index in [9.17, 15) is 0 Å². The predicted molar refractivity (Wildman–Crippen MR) is 86.1 cm³/mol. The van der Waals surface area contributed by atoms with Gasteiger partial charge < -0.3 is 5.32 Å². The first-order valence-electron chi connectivity index (χ1n) is 8.52. The van der Waals surface area contributed by atoms with Crippen molar-refractivity contribution >= 4 is 0 Å². The van der Waals surface area contributed by atoms with Gasteiger partial charge in [0, 0.05) is 25.3 Å². The fourth-order valence-electron chi connectivity index (χ4n) is 2.49. The molecule has 0 aromatic carbocycles. The second-order valence-corrected chi connectivity index (χ2v) is 6.60. The van der Waals surface area contributed by atoms with Crippen molar-refractivity contribution in [2.75, 3.05) is 19.6 Å². The summed E-state index contributed by atoms with van der Waals surface area (Å²) in [6.45, 7) is 11.9. The van der Waals surface area contributed by atoms with Crippen LogP contribution in [0.15, 0.2) is 6.20 Å². The zero-order chi connectivity index (χ0) is 15.1. The van der Waals surface area contributed by atoms with Crippen LogP contribution in [0.3, 0.4) is 0 Å². The summed E-state index contributed by atoms with van der Waals surface area (Å²) < 4.78 is 1.99. The molecule has 1 heterocycles. The summed E-state index contributed by atoms with van der Waals surface area (Å²) in [6.07, 6.45) is 7.28. The minimum absolute atomic E-state index is 0.786. The molecular formula is C16H31N5. The molecule has 0 radical (unpaired) electrons. The van der Waals surface area contributed by atoms with Crippen LogP contribution >= 0.6 is 0 Å². The molecule has 1 aliphatic carbocycles. The average Bonchev–Trinajstić information content (AvgIpc) is 3.19. The molecule has 0 atom stereocenters. The first kappa shape index (κ1) is 16.4. The van der Waals surface area contributed by atoms with Crippen molar-refractivity contribution in [2.45, 2.75) is 65.6 Å². The maximum absolute atomic E-state index is 4.24. The number of hydrogen-bond donors (Lipinski definition) is 1. The van der Waals surface area contributed by atoms with Crippen LogP contribution in [0.4, 0.5) is 0 Å². The zero-order valence-corrected chi connectivity index (χ0v) is 13.9.